The highest BCUT2D eigenvalue weighted by Crippen LogP contribution is 2.19. The molecule has 20 heavy (non-hydrogen) atoms. The van der Waals surface area contributed by atoms with Gasteiger partial charge in [0, 0.05) is 38.3 Å². The molecular weight excluding hydrogens is 294 g/mol. The third-order valence-corrected chi connectivity index (χ3v) is 6.48. The van der Waals surface area contributed by atoms with E-state index in [1.807, 2.05) is 13.8 Å². The zero-order valence-electron chi connectivity index (χ0n) is 12.3. The molecule has 1 aliphatic rings. The van der Waals surface area contributed by atoms with Gasteiger partial charge in [-0.2, -0.15) is 0 Å². The Labute approximate surface area is 125 Å². The van der Waals surface area contributed by atoms with Crippen LogP contribution in [0.5, 0.6) is 0 Å². The molecule has 5 nitrogen and oxygen atoms in total. The first-order valence-corrected chi connectivity index (χ1v) is 9.13. The molecule has 0 spiro atoms. The van der Waals surface area contributed by atoms with Crippen LogP contribution in [-0.4, -0.2) is 63.5 Å². The second kappa shape index (κ2) is 6.11. The maximum absolute atomic E-state index is 12.3. The molecular formula is C13H23N3O2S2. The highest BCUT2D eigenvalue weighted by Gasteiger charge is 2.29. The van der Waals surface area contributed by atoms with Gasteiger partial charge in [0.15, 0.2) is 0 Å². The fourth-order valence-electron chi connectivity index (χ4n) is 2.43. The number of thiophene rings is 1. The Hall–Kier alpha value is -0.470. The van der Waals surface area contributed by atoms with Crippen molar-refractivity contribution in [3.05, 3.63) is 17.5 Å². The number of hydrogen-bond acceptors (Lipinski definition) is 5. The van der Waals surface area contributed by atoms with Gasteiger partial charge in [-0.1, -0.05) is 6.07 Å². The molecule has 114 valence electrons. The summed E-state index contributed by atoms with van der Waals surface area (Å²) in [6.07, 6.45) is 0. The fourth-order valence-corrected chi connectivity index (χ4v) is 4.82. The Kier molecular flexibility index (Phi) is 4.86. The molecule has 0 aliphatic carbocycles. The SMILES string of the molecule is CN1CCN(CC(C)(C)NS(=O)(=O)c2cccs2)CC1. The number of sulfonamides is 1. The van der Waals surface area contributed by atoms with E-state index >= 15 is 0 Å². The number of rotatable bonds is 5. The number of piperazine rings is 1. The molecule has 2 heterocycles. The monoisotopic (exact) mass is 317 g/mol. The lowest BCUT2D eigenvalue weighted by Gasteiger charge is -2.37. The van der Waals surface area contributed by atoms with Crippen LogP contribution in [0.1, 0.15) is 13.8 Å². The molecule has 0 amide bonds. The first-order chi connectivity index (χ1) is 9.28. The lowest BCUT2D eigenvalue weighted by Crippen LogP contribution is -2.55. The maximum atomic E-state index is 12.3. The minimum atomic E-state index is -3.40. The highest BCUT2D eigenvalue weighted by molar-refractivity contribution is 7.91. The van der Waals surface area contributed by atoms with E-state index in [2.05, 4.69) is 21.6 Å². The van der Waals surface area contributed by atoms with E-state index < -0.39 is 15.6 Å². The molecule has 2 rings (SSSR count). The number of likely N-dealkylation sites (N-methyl/N-ethyl adjacent to an activating group) is 1. The van der Waals surface area contributed by atoms with E-state index in [4.69, 9.17) is 0 Å². The van der Waals surface area contributed by atoms with Crippen LogP contribution in [0.15, 0.2) is 21.7 Å². The van der Waals surface area contributed by atoms with Gasteiger partial charge in [-0.15, -0.1) is 11.3 Å². The summed E-state index contributed by atoms with van der Waals surface area (Å²) in [6, 6.07) is 3.39. The smallest absolute Gasteiger partial charge is 0.250 e. The molecule has 1 fully saturated rings. The van der Waals surface area contributed by atoms with Crippen molar-refractivity contribution >= 4 is 21.4 Å². The van der Waals surface area contributed by atoms with Crippen LogP contribution in [0.4, 0.5) is 0 Å². The molecule has 1 saturated heterocycles. The normalized spacial score (nSPS) is 19.4. The molecule has 0 aromatic carbocycles. The van der Waals surface area contributed by atoms with E-state index in [1.54, 1.807) is 17.5 Å². The van der Waals surface area contributed by atoms with Gasteiger partial charge in [0.25, 0.3) is 10.0 Å². The Morgan fingerprint density at radius 2 is 1.95 bits per heavy atom. The van der Waals surface area contributed by atoms with Crippen LogP contribution in [0, 0.1) is 0 Å². The summed E-state index contributed by atoms with van der Waals surface area (Å²) >= 11 is 1.25. The molecule has 0 atom stereocenters. The van der Waals surface area contributed by atoms with E-state index in [9.17, 15) is 8.42 Å². The lowest BCUT2D eigenvalue weighted by atomic mass is 10.1. The zero-order chi connectivity index (χ0) is 14.8. The van der Waals surface area contributed by atoms with Crippen molar-refractivity contribution in [1.82, 2.24) is 14.5 Å². The maximum Gasteiger partial charge on any atom is 0.250 e. The quantitative estimate of drug-likeness (QED) is 0.882. The average molecular weight is 317 g/mol. The molecule has 7 heteroatoms. The summed E-state index contributed by atoms with van der Waals surface area (Å²) in [5.41, 5.74) is -0.473. The Morgan fingerprint density at radius 1 is 1.30 bits per heavy atom. The summed E-state index contributed by atoms with van der Waals surface area (Å²) in [4.78, 5) is 4.61. The summed E-state index contributed by atoms with van der Waals surface area (Å²) in [6.45, 7) is 8.65. The van der Waals surface area contributed by atoms with Crippen molar-refractivity contribution in [3.8, 4) is 0 Å². The van der Waals surface area contributed by atoms with Crippen LogP contribution >= 0.6 is 11.3 Å². The fraction of sp³-hybridized carbons (Fsp3) is 0.692. The molecule has 0 unspecified atom stereocenters. The second-order valence-electron chi connectivity index (χ2n) is 6.00. The molecule has 1 aromatic rings. The summed E-state index contributed by atoms with van der Waals surface area (Å²) < 4.78 is 27.7. The van der Waals surface area contributed by atoms with Crippen molar-refractivity contribution < 1.29 is 8.42 Å². The summed E-state index contributed by atoms with van der Waals surface area (Å²) in [5.74, 6) is 0. The second-order valence-corrected chi connectivity index (χ2v) is 8.86. The highest BCUT2D eigenvalue weighted by atomic mass is 32.2. The van der Waals surface area contributed by atoms with Gasteiger partial charge >= 0.3 is 0 Å². The van der Waals surface area contributed by atoms with Crippen molar-refractivity contribution in [2.24, 2.45) is 0 Å². The first-order valence-electron chi connectivity index (χ1n) is 6.77. The summed E-state index contributed by atoms with van der Waals surface area (Å²) in [5, 5.41) is 1.78. The minimum Gasteiger partial charge on any atom is -0.304 e. The van der Waals surface area contributed by atoms with Gasteiger partial charge in [-0.25, -0.2) is 13.1 Å². The lowest BCUT2D eigenvalue weighted by molar-refractivity contribution is 0.130. The number of nitrogens with one attached hydrogen (secondary N) is 1. The summed E-state index contributed by atoms with van der Waals surface area (Å²) in [7, 11) is -1.29. The van der Waals surface area contributed by atoms with Gasteiger partial charge in [0.2, 0.25) is 0 Å². The van der Waals surface area contributed by atoms with Crippen molar-refractivity contribution in [2.45, 2.75) is 23.6 Å². The van der Waals surface area contributed by atoms with Crippen molar-refractivity contribution in [2.75, 3.05) is 39.8 Å². The Morgan fingerprint density at radius 3 is 2.50 bits per heavy atom. The average Bonchev–Trinajstić information content (AvgIpc) is 2.84. The molecule has 1 aromatic heterocycles. The van der Waals surface area contributed by atoms with Gasteiger partial charge in [0.05, 0.1) is 0 Å². The predicted octanol–water partition coefficient (Wildman–Crippen LogP) is 1.05. The van der Waals surface area contributed by atoms with E-state index in [-0.39, 0.29) is 0 Å². The van der Waals surface area contributed by atoms with Crippen LogP contribution in [0.25, 0.3) is 0 Å². The molecule has 0 radical (unpaired) electrons. The van der Waals surface area contributed by atoms with Gasteiger partial charge < -0.3 is 4.90 Å². The van der Waals surface area contributed by atoms with Crippen LogP contribution < -0.4 is 4.72 Å². The molecule has 0 bridgehead atoms. The third kappa shape index (κ3) is 4.26. The zero-order valence-corrected chi connectivity index (χ0v) is 13.9. The van der Waals surface area contributed by atoms with E-state index in [1.165, 1.54) is 11.3 Å². The molecule has 1 N–H and O–H groups in total. The predicted molar refractivity (Wildman–Crippen MR) is 82.7 cm³/mol. The topological polar surface area (TPSA) is 52.6 Å². The minimum absolute atomic E-state index is 0.379. The van der Waals surface area contributed by atoms with Crippen LogP contribution in [0.2, 0.25) is 0 Å². The number of hydrogen-bond donors (Lipinski definition) is 1. The van der Waals surface area contributed by atoms with E-state index in [0.717, 1.165) is 32.7 Å². The van der Waals surface area contributed by atoms with Gasteiger partial charge in [-0.3, -0.25) is 4.90 Å². The largest absolute Gasteiger partial charge is 0.304 e. The molecule has 1 aliphatic heterocycles. The van der Waals surface area contributed by atoms with Crippen LogP contribution in [0.3, 0.4) is 0 Å². The standard InChI is InChI=1S/C13H23N3O2S2/c1-13(2,11-16-8-6-15(3)7-9-16)14-20(17,18)12-5-4-10-19-12/h4-5,10,14H,6-9,11H2,1-3H3. The number of nitrogens with zero attached hydrogens (tertiary/aromatic N) is 2. The van der Waals surface area contributed by atoms with Gasteiger partial charge in [0.1, 0.15) is 4.21 Å². The van der Waals surface area contributed by atoms with Crippen molar-refractivity contribution in [3.63, 3.8) is 0 Å². The van der Waals surface area contributed by atoms with E-state index in [0.29, 0.717) is 4.21 Å². The molecule has 0 saturated carbocycles. The first kappa shape index (κ1) is 15.9. The Balaban J connectivity index is 1.97. The third-order valence-electron chi connectivity index (χ3n) is 3.39. The van der Waals surface area contributed by atoms with Crippen LogP contribution in [-0.2, 0) is 10.0 Å². The Bertz CT molecular complexity index is 518. The van der Waals surface area contributed by atoms with Crippen molar-refractivity contribution in [1.29, 1.82) is 0 Å². The van der Waals surface area contributed by atoms with Gasteiger partial charge in [-0.05, 0) is 32.3 Å².